The number of ether oxygens (including phenoxy) is 1. The molecule has 17 heavy (non-hydrogen) atoms. The van der Waals surface area contributed by atoms with Crippen LogP contribution in [0.4, 0.5) is 0 Å². The van der Waals surface area contributed by atoms with Gasteiger partial charge in [0, 0.05) is 19.7 Å². The fourth-order valence-electron chi connectivity index (χ4n) is 2.43. The lowest BCUT2D eigenvalue weighted by Crippen LogP contribution is -2.50. The van der Waals surface area contributed by atoms with Gasteiger partial charge >= 0.3 is 5.97 Å². The van der Waals surface area contributed by atoms with Crippen LogP contribution in [0, 0.1) is 5.92 Å². The molecule has 2 atom stereocenters. The fourth-order valence-corrected chi connectivity index (χ4v) is 2.43. The molecule has 1 aliphatic rings. The highest BCUT2D eigenvalue weighted by Crippen LogP contribution is 2.21. The third kappa shape index (κ3) is 4.26. The summed E-state index contributed by atoms with van der Waals surface area (Å²) in [6, 6.07) is 0. The molecule has 2 unspecified atom stereocenters. The van der Waals surface area contributed by atoms with Crippen LogP contribution in [0.2, 0.25) is 0 Å². The van der Waals surface area contributed by atoms with E-state index in [0.29, 0.717) is 12.5 Å². The normalized spacial score (nSPS) is 25.3. The molecule has 0 aromatic rings. The minimum Gasteiger partial charge on any atom is -0.467 e. The summed E-state index contributed by atoms with van der Waals surface area (Å²) in [5.41, 5.74) is -1.45. The highest BCUT2D eigenvalue weighted by atomic mass is 16.5. The molecule has 0 saturated carbocycles. The van der Waals surface area contributed by atoms with E-state index in [0.717, 1.165) is 32.4 Å². The Morgan fingerprint density at radius 1 is 1.59 bits per heavy atom. The summed E-state index contributed by atoms with van der Waals surface area (Å²) in [7, 11) is 1.28. The van der Waals surface area contributed by atoms with Crippen molar-refractivity contribution >= 4 is 5.97 Å². The number of carbonyl (C=O) groups is 1. The summed E-state index contributed by atoms with van der Waals surface area (Å²) in [4.78, 5) is 13.4. The number of esters is 1. The molecule has 1 aliphatic heterocycles. The van der Waals surface area contributed by atoms with Crippen LogP contribution in [-0.4, -0.2) is 60.0 Å². The van der Waals surface area contributed by atoms with Gasteiger partial charge in [0.1, 0.15) is 0 Å². The minimum absolute atomic E-state index is 0.200. The number of likely N-dealkylation sites (tertiary alicyclic amines) is 1. The van der Waals surface area contributed by atoms with Gasteiger partial charge in [0.25, 0.3) is 0 Å². The minimum atomic E-state index is -1.45. The van der Waals surface area contributed by atoms with Crippen molar-refractivity contribution in [1.29, 1.82) is 0 Å². The highest BCUT2D eigenvalue weighted by Gasteiger charge is 2.35. The topological polar surface area (TPSA) is 70.0 Å². The molecule has 0 aromatic heterocycles. The van der Waals surface area contributed by atoms with E-state index in [1.807, 2.05) is 0 Å². The molecular weight excluding hydrogens is 222 g/mol. The van der Waals surface area contributed by atoms with E-state index in [9.17, 15) is 9.90 Å². The summed E-state index contributed by atoms with van der Waals surface area (Å²) >= 11 is 0. The second kappa shape index (κ2) is 6.33. The lowest BCUT2D eigenvalue weighted by atomic mass is 9.94. The number of aliphatic hydroxyl groups is 2. The number of carbonyl (C=O) groups excluding carboxylic acids is 1. The number of methoxy groups -OCH3 is 1. The zero-order chi connectivity index (χ0) is 12.9. The van der Waals surface area contributed by atoms with Crippen molar-refractivity contribution in [2.24, 2.45) is 5.92 Å². The van der Waals surface area contributed by atoms with Gasteiger partial charge in [0.2, 0.25) is 0 Å². The van der Waals surface area contributed by atoms with Crippen LogP contribution < -0.4 is 0 Å². The molecule has 1 rings (SSSR count). The first kappa shape index (κ1) is 14.4. The Bertz CT molecular complexity index is 253. The van der Waals surface area contributed by atoms with Gasteiger partial charge in [-0.05, 0) is 38.6 Å². The first-order valence-corrected chi connectivity index (χ1v) is 6.13. The van der Waals surface area contributed by atoms with Gasteiger partial charge in [-0.15, -0.1) is 0 Å². The van der Waals surface area contributed by atoms with Crippen molar-refractivity contribution in [3.05, 3.63) is 0 Å². The number of piperidine rings is 1. The number of hydrogen-bond acceptors (Lipinski definition) is 5. The lowest BCUT2D eigenvalue weighted by molar-refractivity contribution is -0.162. The highest BCUT2D eigenvalue weighted by molar-refractivity contribution is 5.78. The van der Waals surface area contributed by atoms with Crippen molar-refractivity contribution in [3.8, 4) is 0 Å². The maximum absolute atomic E-state index is 11.4. The summed E-state index contributed by atoms with van der Waals surface area (Å²) in [5.74, 6) is -0.135. The Kier molecular flexibility index (Phi) is 5.36. The van der Waals surface area contributed by atoms with Gasteiger partial charge in [0.15, 0.2) is 5.60 Å². The predicted molar refractivity (Wildman–Crippen MR) is 63.5 cm³/mol. The van der Waals surface area contributed by atoms with Gasteiger partial charge in [-0.2, -0.15) is 0 Å². The maximum Gasteiger partial charge on any atom is 0.338 e. The summed E-state index contributed by atoms with van der Waals surface area (Å²) in [5, 5.41) is 18.9. The largest absolute Gasteiger partial charge is 0.467 e. The predicted octanol–water partition coefficient (Wildman–Crippen LogP) is 0.00480. The second-order valence-electron chi connectivity index (χ2n) is 5.02. The van der Waals surface area contributed by atoms with Crippen LogP contribution in [0.1, 0.15) is 26.2 Å². The SMILES string of the molecule is COC(=O)C(C)(O)CN1CCCC(CCO)C1. The van der Waals surface area contributed by atoms with Crippen LogP contribution in [0.25, 0.3) is 0 Å². The molecule has 5 nitrogen and oxygen atoms in total. The van der Waals surface area contributed by atoms with Gasteiger partial charge in [0.05, 0.1) is 7.11 Å². The van der Waals surface area contributed by atoms with E-state index in [4.69, 9.17) is 5.11 Å². The van der Waals surface area contributed by atoms with Crippen LogP contribution in [0.5, 0.6) is 0 Å². The van der Waals surface area contributed by atoms with Crippen LogP contribution in [0.15, 0.2) is 0 Å². The average molecular weight is 245 g/mol. The van der Waals surface area contributed by atoms with Crippen LogP contribution in [0.3, 0.4) is 0 Å². The molecule has 0 radical (unpaired) electrons. The maximum atomic E-state index is 11.4. The molecule has 5 heteroatoms. The van der Waals surface area contributed by atoms with Crippen LogP contribution in [-0.2, 0) is 9.53 Å². The van der Waals surface area contributed by atoms with Gasteiger partial charge in [-0.25, -0.2) is 4.79 Å². The summed E-state index contributed by atoms with van der Waals surface area (Å²) < 4.78 is 4.58. The molecule has 2 N–H and O–H groups in total. The molecule has 0 amide bonds. The number of β-amino-alcohol motifs (C(OH)–C–C–N with tert-alkyl or cyclic N) is 1. The zero-order valence-corrected chi connectivity index (χ0v) is 10.7. The number of aliphatic hydroxyl groups excluding tert-OH is 1. The summed E-state index contributed by atoms with van der Waals surface area (Å²) in [6.07, 6.45) is 2.94. The van der Waals surface area contributed by atoms with Gasteiger partial charge in [-0.1, -0.05) is 0 Å². The summed E-state index contributed by atoms with van der Waals surface area (Å²) in [6.45, 7) is 3.69. The quantitative estimate of drug-likeness (QED) is 0.667. The molecule has 100 valence electrons. The van der Waals surface area contributed by atoms with E-state index in [1.165, 1.54) is 14.0 Å². The third-order valence-electron chi connectivity index (χ3n) is 3.30. The molecular formula is C12H23NO4. The Labute approximate surface area is 102 Å². The number of rotatable bonds is 5. The van der Waals surface area contributed by atoms with E-state index in [1.54, 1.807) is 0 Å². The molecule has 1 fully saturated rings. The standard InChI is InChI=1S/C12H23NO4/c1-12(16,11(15)17-2)9-13-6-3-4-10(8-13)5-7-14/h10,14,16H,3-9H2,1-2H3. The molecule has 0 bridgehead atoms. The first-order valence-electron chi connectivity index (χ1n) is 6.13. The van der Waals surface area contributed by atoms with Crippen molar-refractivity contribution in [2.75, 3.05) is 33.4 Å². The van der Waals surface area contributed by atoms with Crippen LogP contribution >= 0.6 is 0 Å². The van der Waals surface area contributed by atoms with Gasteiger partial charge in [-0.3, -0.25) is 4.90 Å². The second-order valence-corrected chi connectivity index (χ2v) is 5.02. The van der Waals surface area contributed by atoms with Crippen molar-refractivity contribution < 1.29 is 19.7 Å². The van der Waals surface area contributed by atoms with E-state index in [2.05, 4.69) is 9.64 Å². The van der Waals surface area contributed by atoms with Crippen molar-refractivity contribution in [3.63, 3.8) is 0 Å². The fraction of sp³-hybridized carbons (Fsp3) is 0.917. The van der Waals surface area contributed by atoms with Gasteiger partial charge < -0.3 is 14.9 Å². The smallest absolute Gasteiger partial charge is 0.338 e. The zero-order valence-electron chi connectivity index (χ0n) is 10.7. The molecule has 0 spiro atoms. The molecule has 0 aliphatic carbocycles. The monoisotopic (exact) mass is 245 g/mol. The molecule has 1 saturated heterocycles. The Hall–Kier alpha value is -0.650. The third-order valence-corrected chi connectivity index (χ3v) is 3.30. The van der Waals surface area contributed by atoms with E-state index in [-0.39, 0.29) is 6.61 Å². The van der Waals surface area contributed by atoms with E-state index < -0.39 is 11.6 Å². The number of hydrogen-bond donors (Lipinski definition) is 2. The van der Waals surface area contributed by atoms with E-state index >= 15 is 0 Å². The average Bonchev–Trinajstić information content (AvgIpc) is 2.28. The lowest BCUT2D eigenvalue weighted by Gasteiger charge is -2.36. The number of nitrogens with zero attached hydrogens (tertiary/aromatic N) is 1. The van der Waals surface area contributed by atoms with Crippen molar-refractivity contribution in [1.82, 2.24) is 4.90 Å². The first-order chi connectivity index (χ1) is 7.99. The Morgan fingerprint density at radius 2 is 2.29 bits per heavy atom. The molecule has 1 heterocycles. The molecule has 0 aromatic carbocycles. The Balaban J connectivity index is 2.47. The van der Waals surface area contributed by atoms with Crippen molar-refractivity contribution in [2.45, 2.75) is 31.8 Å². The Morgan fingerprint density at radius 3 is 2.88 bits per heavy atom.